The monoisotopic (exact) mass is 290 g/mol. The third-order valence-electron chi connectivity index (χ3n) is 4.11. The zero-order valence-electron chi connectivity index (χ0n) is 13.1. The lowest BCUT2D eigenvalue weighted by atomic mass is 9.90. The van der Waals surface area contributed by atoms with Crippen molar-refractivity contribution in [2.45, 2.75) is 45.6 Å². The molecule has 0 radical (unpaired) electrons. The molecule has 1 aliphatic carbocycles. The molecule has 4 nitrogen and oxygen atoms in total. The number of anilines is 1. The lowest BCUT2D eigenvalue weighted by molar-refractivity contribution is 0.0563. The zero-order valence-corrected chi connectivity index (χ0v) is 13.1. The third kappa shape index (κ3) is 3.76. The number of aryl methyl sites for hydroxylation is 1. The quantitative estimate of drug-likeness (QED) is 0.812. The second-order valence-electron chi connectivity index (χ2n) is 5.74. The van der Waals surface area contributed by atoms with Gasteiger partial charge in [0, 0.05) is 31.4 Å². The molecule has 2 rings (SSSR count). The predicted octanol–water partition coefficient (Wildman–Crippen LogP) is 2.80. The van der Waals surface area contributed by atoms with Crippen LogP contribution >= 0.6 is 0 Å². The summed E-state index contributed by atoms with van der Waals surface area (Å²) in [5.74, 6) is 0.0906. The molecule has 0 bridgehead atoms. The van der Waals surface area contributed by atoms with E-state index < -0.39 is 0 Å². The number of carbonyl (C=O) groups excluding carboxylic acids is 1. The van der Waals surface area contributed by atoms with Crippen LogP contribution in [0.1, 0.15) is 48.5 Å². The van der Waals surface area contributed by atoms with Crippen LogP contribution in [0.4, 0.5) is 5.69 Å². The van der Waals surface area contributed by atoms with Gasteiger partial charge in [0.1, 0.15) is 0 Å². The van der Waals surface area contributed by atoms with Crippen molar-refractivity contribution in [1.29, 1.82) is 0 Å². The van der Waals surface area contributed by atoms with Gasteiger partial charge >= 0.3 is 0 Å². The summed E-state index contributed by atoms with van der Waals surface area (Å²) in [6.45, 7) is 5.60. The first-order valence-electron chi connectivity index (χ1n) is 7.93. The second kappa shape index (κ2) is 7.46. The molecule has 21 heavy (non-hydrogen) atoms. The van der Waals surface area contributed by atoms with Crippen LogP contribution < -0.4 is 5.32 Å². The van der Waals surface area contributed by atoms with Crippen LogP contribution in [0, 0.1) is 6.92 Å². The first kappa shape index (κ1) is 15.8. The predicted molar refractivity (Wildman–Crippen MR) is 85.7 cm³/mol. The fourth-order valence-corrected chi connectivity index (χ4v) is 2.72. The summed E-state index contributed by atoms with van der Waals surface area (Å²) in [4.78, 5) is 14.9. The number of hydrogen-bond donors (Lipinski definition) is 2. The van der Waals surface area contributed by atoms with Crippen molar-refractivity contribution in [1.82, 2.24) is 4.90 Å². The maximum absolute atomic E-state index is 12.9. The summed E-state index contributed by atoms with van der Waals surface area (Å²) in [5.41, 5.74) is 2.75. The van der Waals surface area contributed by atoms with E-state index in [-0.39, 0.29) is 12.5 Å². The van der Waals surface area contributed by atoms with Gasteiger partial charge in [0.2, 0.25) is 0 Å². The fraction of sp³-hybridized carbons (Fsp3) is 0.588. The highest BCUT2D eigenvalue weighted by Gasteiger charge is 2.30. The van der Waals surface area contributed by atoms with Crippen molar-refractivity contribution in [2.24, 2.45) is 0 Å². The van der Waals surface area contributed by atoms with E-state index in [2.05, 4.69) is 5.32 Å². The van der Waals surface area contributed by atoms with Crippen molar-refractivity contribution in [3.63, 3.8) is 0 Å². The Hall–Kier alpha value is -1.55. The smallest absolute Gasteiger partial charge is 0.256 e. The standard InChI is InChI=1S/C17H26N2O2/c1-3-18-16-9-8-13(2)12-15(16)17(21)19(10-5-11-20)14-6-4-7-14/h8-9,12,14,18,20H,3-7,10-11H2,1-2H3. The van der Waals surface area contributed by atoms with Crippen LogP contribution in [-0.4, -0.2) is 41.7 Å². The SMILES string of the molecule is CCNc1ccc(C)cc1C(=O)N(CCCO)C1CCC1. The lowest BCUT2D eigenvalue weighted by Gasteiger charge is -2.38. The Bertz CT molecular complexity index is 484. The molecule has 0 saturated heterocycles. The Morgan fingerprint density at radius 3 is 2.76 bits per heavy atom. The topological polar surface area (TPSA) is 52.6 Å². The highest BCUT2D eigenvalue weighted by molar-refractivity contribution is 6.00. The third-order valence-corrected chi connectivity index (χ3v) is 4.11. The highest BCUT2D eigenvalue weighted by Crippen LogP contribution is 2.28. The molecular weight excluding hydrogens is 264 g/mol. The van der Waals surface area contributed by atoms with E-state index in [1.807, 2.05) is 36.9 Å². The Morgan fingerprint density at radius 2 is 2.19 bits per heavy atom. The normalized spacial score (nSPS) is 14.6. The van der Waals surface area contributed by atoms with Crippen LogP contribution in [0.3, 0.4) is 0 Å². The van der Waals surface area contributed by atoms with Gasteiger partial charge in [-0.1, -0.05) is 11.6 Å². The van der Waals surface area contributed by atoms with Crippen LogP contribution in [0.25, 0.3) is 0 Å². The van der Waals surface area contributed by atoms with Gasteiger partial charge in [-0.3, -0.25) is 4.79 Å². The zero-order chi connectivity index (χ0) is 15.2. The molecule has 1 saturated carbocycles. The van der Waals surface area contributed by atoms with Crippen molar-refractivity contribution >= 4 is 11.6 Å². The Kier molecular flexibility index (Phi) is 5.62. The average molecular weight is 290 g/mol. The average Bonchev–Trinajstić information content (AvgIpc) is 2.42. The van der Waals surface area contributed by atoms with Crippen LogP contribution in [-0.2, 0) is 0 Å². The molecule has 0 unspecified atom stereocenters. The number of nitrogens with zero attached hydrogens (tertiary/aromatic N) is 1. The van der Waals surface area contributed by atoms with Crippen molar-refractivity contribution in [3.05, 3.63) is 29.3 Å². The number of benzene rings is 1. The molecule has 1 fully saturated rings. The highest BCUT2D eigenvalue weighted by atomic mass is 16.3. The van der Waals surface area contributed by atoms with Crippen LogP contribution in [0.5, 0.6) is 0 Å². The maximum Gasteiger partial charge on any atom is 0.256 e. The first-order valence-corrected chi connectivity index (χ1v) is 7.93. The van der Waals surface area contributed by atoms with Gasteiger partial charge in [-0.05, 0) is 51.7 Å². The number of aliphatic hydroxyl groups excluding tert-OH is 1. The minimum atomic E-state index is 0.0906. The van der Waals surface area contributed by atoms with Gasteiger partial charge in [-0.25, -0.2) is 0 Å². The molecule has 1 aliphatic rings. The number of nitrogens with one attached hydrogen (secondary N) is 1. The molecule has 0 aliphatic heterocycles. The minimum absolute atomic E-state index is 0.0906. The molecule has 1 aromatic rings. The number of hydrogen-bond acceptors (Lipinski definition) is 3. The van der Waals surface area contributed by atoms with E-state index in [0.717, 1.165) is 36.2 Å². The van der Waals surface area contributed by atoms with Crippen molar-refractivity contribution in [2.75, 3.05) is 25.0 Å². The van der Waals surface area contributed by atoms with Gasteiger partial charge in [0.15, 0.2) is 0 Å². The Labute approximate surface area is 127 Å². The summed E-state index contributed by atoms with van der Waals surface area (Å²) in [5, 5.41) is 12.3. The van der Waals surface area contributed by atoms with Gasteiger partial charge in [-0.2, -0.15) is 0 Å². The van der Waals surface area contributed by atoms with Gasteiger partial charge in [0.25, 0.3) is 5.91 Å². The van der Waals surface area contributed by atoms with E-state index in [0.29, 0.717) is 19.0 Å². The summed E-state index contributed by atoms with van der Waals surface area (Å²) in [6, 6.07) is 6.32. The molecule has 0 aromatic heterocycles. The van der Waals surface area contributed by atoms with Gasteiger partial charge in [0.05, 0.1) is 5.56 Å². The van der Waals surface area contributed by atoms with E-state index in [1.54, 1.807) is 0 Å². The number of aliphatic hydroxyl groups is 1. The second-order valence-corrected chi connectivity index (χ2v) is 5.74. The van der Waals surface area contributed by atoms with E-state index in [1.165, 1.54) is 6.42 Å². The number of rotatable bonds is 7. The van der Waals surface area contributed by atoms with E-state index in [9.17, 15) is 4.79 Å². The largest absolute Gasteiger partial charge is 0.396 e. The molecule has 1 aromatic carbocycles. The van der Waals surface area contributed by atoms with Gasteiger partial charge in [-0.15, -0.1) is 0 Å². The van der Waals surface area contributed by atoms with E-state index >= 15 is 0 Å². The molecule has 4 heteroatoms. The van der Waals surface area contributed by atoms with Crippen molar-refractivity contribution < 1.29 is 9.90 Å². The summed E-state index contributed by atoms with van der Waals surface area (Å²) in [6.07, 6.45) is 4.01. The van der Waals surface area contributed by atoms with Crippen LogP contribution in [0.2, 0.25) is 0 Å². The fourth-order valence-electron chi connectivity index (χ4n) is 2.72. The summed E-state index contributed by atoms with van der Waals surface area (Å²) in [7, 11) is 0. The molecule has 0 atom stereocenters. The molecule has 0 spiro atoms. The Morgan fingerprint density at radius 1 is 1.43 bits per heavy atom. The molecule has 0 heterocycles. The molecule has 2 N–H and O–H groups in total. The first-order chi connectivity index (χ1) is 10.2. The molecule has 1 amide bonds. The molecule has 116 valence electrons. The number of carbonyl (C=O) groups is 1. The van der Waals surface area contributed by atoms with Gasteiger partial charge < -0.3 is 15.3 Å². The minimum Gasteiger partial charge on any atom is -0.396 e. The lowest BCUT2D eigenvalue weighted by Crippen LogP contribution is -2.45. The maximum atomic E-state index is 12.9. The molecular formula is C17H26N2O2. The van der Waals surface area contributed by atoms with E-state index in [4.69, 9.17) is 5.11 Å². The summed E-state index contributed by atoms with van der Waals surface area (Å²) < 4.78 is 0. The van der Waals surface area contributed by atoms with Crippen LogP contribution in [0.15, 0.2) is 18.2 Å². The Balaban J connectivity index is 2.24. The summed E-state index contributed by atoms with van der Waals surface area (Å²) >= 11 is 0. The van der Waals surface area contributed by atoms with Crippen molar-refractivity contribution in [3.8, 4) is 0 Å². The number of amides is 1.